The number of halogens is 1. The number of nitrogens with one attached hydrogen (secondary N) is 1. The number of benzene rings is 3. The molecule has 0 atom stereocenters. The highest BCUT2D eigenvalue weighted by Crippen LogP contribution is 2.37. The molecule has 1 aliphatic heterocycles. The topological polar surface area (TPSA) is 134 Å². The van der Waals surface area contributed by atoms with E-state index in [9.17, 15) is 27.5 Å². The second-order valence-corrected chi connectivity index (χ2v) is 12.3. The highest BCUT2D eigenvalue weighted by atomic mass is 32.2. The van der Waals surface area contributed by atoms with Gasteiger partial charge in [-0.3, -0.25) is 4.79 Å². The van der Waals surface area contributed by atoms with Gasteiger partial charge in [0.15, 0.2) is 5.69 Å². The Morgan fingerprint density at radius 3 is 2.32 bits per heavy atom. The van der Waals surface area contributed by atoms with E-state index in [0.717, 1.165) is 18.2 Å². The Hall–Kier alpha value is -4.59. The van der Waals surface area contributed by atoms with Gasteiger partial charge in [0.1, 0.15) is 16.5 Å². The number of amides is 1. The molecule has 4 aromatic rings. The summed E-state index contributed by atoms with van der Waals surface area (Å²) >= 11 is 0. The molecule has 1 aromatic heterocycles. The zero-order valence-electron chi connectivity index (χ0n) is 24.4. The molecule has 0 bridgehead atoms. The molecule has 1 saturated heterocycles. The van der Waals surface area contributed by atoms with Crippen molar-refractivity contribution in [2.75, 3.05) is 38.0 Å². The van der Waals surface area contributed by atoms with Crippen LogP contribution in [0, 0.1) is 19.7 Å². The van der Waals surface area contributed by atoms with Gasteiger partial charge in [-0.15, -0.1) is 0 Å². The summed E-state index contributed by atoms with van der Waals surface area (Å²) < 4.78 is 51.3. The van der Waals surface area contributed by atoms with Gasteiger partial charge in [0, 0.05) is 37.4 Å². The van der Waals surface area contributed by atoms with Gasteiger partial charge in [0.2, 0.25) is 15.9 Å². The van der Waals surface area contributed by atoms with E-state index in [4.69, 9.17) is 4.74 Å². The third kappa shape index (κ3) is 6.20. The standard InChI is InChI=1S/C31H32FN5O6S/c1-4-35-15-17-36(18-16-35)44(41,42)27-19-22(33-29(38)24-7-5-6-8-25(24)32)11-14-26(27)43-30-21(3)28(31(39)40)34-37(30)23-12-9-20(2)10-13-23/h5-14,19H,4,15-18H2,1-3H3,(H,33,38)(H,39,40). The molecule has 0 aliphatic carbocycles. The van der Waals surface area contributed by atoms with Gasteiger partial charge in [-0.2, -0.15) is 14.1 Å². The van der Waals surface area contributed by atoms with Crippen molar-refractivity contribution >= 4 is 27.6 Å². The van der Waals surface area contributed by atoms with E-state index < -0.39 is 27.7 Å². The maximum atomic E-state index is 14.3. The fourth-order valence-corrected chi connectivity index (χ4v) is 6.47. The summed E-state index contributed by atoms with van der Waals surface area (Å²) in [6.45, 7) is 7.78. The lowest BCUT2D eigenvalue weighted by atomic mass is 10.2. The molecular weight excluding hydrogens is 589 g/mol. The number of hydrogen-bond acceptors (Lipinski definition) is 7. The number of likely N-dealkylation sites (N-methyl/N-ethyl adjacent to an activating group) is 1. The van der Waals surface area contributed by atoms with Crippen LogP contribution in [0.15, 0.2) is 71.6 Å². The van der Waals surface area contributed by atoms with Gasteiger partial charge in [-0.25, -0.2) is 17.6 Å². The number of aromatic nitrogens is 2. The molecule has 0 spiro atoms. The third-order valence-corrected chi connectivity index (χ3v) is 9.39. The van der Waals surface area contributed by atoms with E-state index in [1.807, 2.05) is 26.0 Å². The van der Waals surface area contributed by atoms with Crippen molar-refractivity contribution in [2.45, 2.75) is 25.7 Å². The number of sulfonamides is 1. The van der Waals surface area contributed by atoms with E-state index in [2.05, 4.69) is 15.3 Å². The summed E-state index contributed by atoms with van der Waals surface area (Å²) in [6.07, 6.45) is 0. The van der Waals surface area contributed by atoms with Gasteiger partial charge < -0.3 is 20.1 Å². The number of aromatic carboxylic acids is 1. The molecule has 13 heteroatoms. The minimum Gasteiger partial charge on any atom is -0.476 e. The fourth-order valence-electron chi connectivity index (χ4n) is 4.91. The summed E-state index contributed by atoms with van der Waals surface area (Å²) in [4.78, 5) is 26.7. The molecule has 44 heavy (non-hydrogen) atoms. The van der Waals surface area contributed by atoms with Crippen LogP contribution in [0.3, 0.4) is 0 Å². The third-order valence-electron chi connectivity index (χ3n) is 7.47. The number of anilines is 1. The van der Waals surface area contributed by atoms with Crippen LogP contribution in [0.1, 0.15) is 38.9 Å². The van der Waals surface area contributed by atoms with Crippen LogP contribution < -0.4 is 10.1 Å². The summed E-state index contributed by atoms with van der Waals surface area (Å²) in [6, 6.07) is 16.7. The quantitative estimate of drug-likeness (QED) is 0.275. The van der Waals surface area contributed by atoms with E-state index in [1.165, 1.54) is 52.3 Å². The maximum Gasteiger partial charge on any atom is 0.356 e. The van der Waals surface area contributed by atoms with Crippen molar-refractivity contribution in [3.63, 3.8) is 0 Å². The summed E-state index contributed by atoms with van der Waals surface area (Å²) in [5.41, 5.74) is 1.32. The molecule has 11 nitrogen and oxygen atoms in total. The number of carbonyl (C=O) groups is 2. The number of carboxylic acids is 1. The van der Waals surface area contributed by atoms with Crippen LogP contribution >= 0.6 is 0 Å². The number of piperazine rings is 1. The molecule has 2 heterocycles. The Bertz CT molecular complexity index is 1820. The second kappa shape index (κ2) is 12.6. The van der Waals surface area contributed by atoms with E-state index in [-0.39, 0.29) is 52.1 Å². The highest BCUT2D eigenvalue weighted by Gasteiger charge is 2.32. The number of carbonyl (C=O) groups excluding carboxylic acids is 1. The van der Waals surface area contributed by atoms with Crippen molar-refractivity contribution < 1.29 is 32.2 Å². The SMILES string of the molecule is CCN1CCN(S(=O)(=O)c2cc(NC(=O)c3ccccc3F)ccc2Oc2c(C)c(C(=O)O)nn2-c2ccc(C)cc2)CC1. The van der Waals surface area contributed by atoms with Gasteiger partial charge in [-0.1, -0.05) is 36.8 Å². The Balaban J connectivity index is 1.59. The first kappa shape index (κ1) is 30.9. The largest absolute Gasteiger partial charge is 0.476 e. The zero-order valence-corrected chi connectivity index (χ0v) is 25.3. The summed E-state index contributed by atoms with van der Waals surface area (Å²) in [5, 5.41) is 16.6. The minimum absolute atomic E-state index is 0.0154. The zero-order chi connectivity index (χ0) is 31.6. The average Bonchev–Trinajstić information content (AvgIpc) is 3.34. The molecule has 0 saturated carbocycles. The molecule has 1 aliphatic rings. The molecule has 2 N–H and O–H groups in total. The van der Waals surface area contributed by atoms with Crippen molar-refractivity contribution in [1.29, 1.82) is 0 Å². The highest BCUT2D eigenvalue weighted by molar-refractivity contribution is 7.89. The van der Waals surface area contributed by atoms with Crippen LogP contribution in [0.5, 0.6) is 11.6 Å². The molecule has 1 fully saturated rings. The normalized spacial score (nSPS) is 14.4. The van der Waals surface area contributed by atoms with Crippen molar-refractivity contribution in [3.05, 3.63) is 94.9 Å². The molecule has 0 unspecified atom stereocenters. The molecule has 1 amide bonds. The number of carboxylic acid groups (broad SMARTS) is 1. The summed E-state index contributed by atoms with van der Waals surface area (Å²) in [7, 11) is -4.17. The van der Waals surface area contributed by atoms with Crippen molar-refractivity contribution in [3.8, 4) is 17.3 Å². The van der Waals surface area contributed by atoms with Crippen LogP contribution in [0.2, 0.25) is 0 Å². The van der Waals surface area contributed by atoms with E-state index >= 15 is 0 Å². The van der Waals surface area contributed by atoms with Gasteiger partial charge in [0.05, 0.1) is 11.3 Å². The molecule has 3 aromatic carbocycles. The van der Waals surface area contributed by atoms with Crippen LogP contribution in [0.4, 0.5) is 10.1 Å². The number of ether oxygens (including phenoxy) is 1. The minimum atomic E-state index is -4.17. The number of hydrogen-bond donors (Lipinski definition) is 2. The Morgan fingerprint density at radius 2 is 1.68 bits per heavy atom. The van der Waals surface area contributed by atoms with Gasteiger partial charge in [-0.05, 0) is 62.9 Å². The monoisotopic (exact) mass is 621 g/mol. The lowest BCUT2D eigenvalue weighted by molar-refractivity contribution is 0.0689. The number of rotatable bonds is 9. The Morgan fingerprint density at radius 1 is 1.00 bits per heavy atom. The van der Waals surface area contributed by atoms with Gasteiger partial charge >= 0.3 is 5.97 Å². The Labute approximate surface area is 254 Å². The first-order chi connectivity index (χ1) is 21.0. The number of aryl methyl sites for hydroxylation is 1. The lowest BCUT2D eigenvalue weighted by Crippen LogP contribution is -2.48. The maximum absolute atomic E-state index is 14.3. The van der Waals surface area contributed by atoms with E-state index in [0.29, 0.717) is 18.8 Å². The smallest absolute Gasteiger partial charge is 0.356 e. The van der Waals surface area contributed by atoms with E-state index in [1.54, 1.807) is 12.1 Å². The fraction of sp³-hybridized carbons (Fsp3) is 0.258. The molecule has 5 rings (SSSR count). The van der Waals surface area contributed by atoms with Gasteiger partial charge in [0.25, 0.3) is 5.91 Å². The second-order valence-electron chi connectivity index (χ2n) is 10.4. The molecule has 230 valence electrons. The number of nitrogens with zero attached hydrogens (tertiary/aromatic N) is 4. The molecular formula is C31H32FN5O6S. The van der Waals surface area contributed by atoms with Crippen molar-refractivity contribution in [2.24, 2.45) is 0 Å². The lowest BCUT2D eigenvalue weighted by Gasteiger charge is -2.33. The van der Waals surface area contributed by atoms with Crippen molar-refractivity contribution in [1.82, 2.24) is 19.0 Å². The Kier molecular flexibility index (Phi) is 8.81. The predicted molar refractivity (Wildman–Crippen MR) is 162 cm³/mol. The van der Waals surface area contributed by atoms with Crippen LogP contribution in [0.25, 0.3) is 5.69 Å². The first-order valence-corrected chi connectivity index (χ1v) is 15.4. The van der Waals surface area contributed by atoms with Crippen LogP contribution in [-0.2, 0) is 10.0 Å². The summed E-state index contributed by atoms with van der Waals surface area (Å²) in [5.74, 6) is -2.83. The van der Waals surface area contributed by atoms with Crippen LogP contribution in [-0.4, -0.2) is 77.1 Å². The average molecular weight is 622 g/mol. The predicted octanol–water partition coefficient (Wildman–Crippen LogP) is 4.70. The first-order valence-electron chi connectivity index (χ1n) is 14.0. The molecule has 0 radical (unpaired) electrons.